The summed E-state index contributed by atoms with van der Waals surface area (Å²) in [5, 5.41) is 13.8. The van der Waals surface area contributed by atoms with Gasteiger partial charge < -0.3 is 15.1 Å². The number of H-pyrrole nitrogens is 1. The Labute approximate surface area is 183 Å². The first-order chi connectivity index (χ1) is 15.3. The normalized spacial score (nSPS) is 15.2. The van der Waals surface area contributed by atoms with Gasteiger partial charge in [-0.25, -0.2) is 4.98 Å². The number of nitrogens with zero attached hydrogens (tertiary/aromatic N) is 4. The van der Waals surface area contributed by atoms with Gasteiger partial charge in [0, 0.05) is 33.1 Å². The molecule has 3 aromatic rings. The van der Waals surface area contributed by atoms with Gasteiger partial charge in [0.15, 0.2) is 11.7 Å². The highest BCUT2D eigenvalue weighted by Gasteiger charge is 2.10. The highest BCUT2D eigenvalue weighted by atomic mass is 16.3. The lowest BCUT2D eigenvalue weighted by Crippen LogP contribution is -2.38. The third kappa shape index (κ3) is 6.18. The van der Waals surface area contributed by atoms with Gasteiger partial charge >= 0.3 is 0 Å². The van der Waals surface area contributed by atoms with E-state index in [9.17, 15) is 0 Å². The number of benzene rings is 1. The fourth-order valence-corrected chi connectivity index (χ4v) is 3.77. The summed E-state index contributed by atoms with van der Waals surface area (Å²) in [4.78, 5) is 11.3. The molecule has 1 aromatic carbocycles. The van der Waals surface area contributed by atoms with Gasteiger partial charge in [-0.2, -0.15) is 5.10 Å². The quantitative estimate of drug-likeness (QED) is 0.382. The maximum atomic E-state index is 5.32. The molecule has 0 radical (unpaired) electrons. The molecular weight excluding hydrogens is 390 g/mol. The number of guanidine groups is 1. The summed E-state index contributed by atoms with van der Waals surface area (Å²) in [6, 6.07) is 12.5. The number of aliphatic imine (C=N–C) groups is 1. The highest BCUT2D eigenvalue weighted by Crippen LogP contribution is 2.15. The number of aromatic nitrogens is 3. The Balaban J connectivity index is 1.19. The van der Waals surface area contributed by atoms with Crippen molar-refractivity contribution in [3.8, 4) is 11.6 Å². The summed E-state index contributed by atoms with van der Waals surface area (Å²) < 4.78 is 5.32. The maximum absolute atomic E-state index is 5.32. The molecule has 0 saturated carbocycles. The Kier molecular flexibility index (Phi) is 7.33. The molecular formula is C23H31N7O. The molecule has 2 aromatic heterocycles. The molecule has 1 fully saturated rings. The van der Waals surface area contributed by atoms with Crippen LogP contribution < -0.4 is 10.6 Å². The SMILES string of the molecule is CN=C(NCCc1nc(-c2ccco2)n[nH]1)NCc1ccc(CN2CCCCC2)cc1. The number of piperidine rings is 1. The van der Waals surface area contributed by atoms with Crippen molar-refractivity contribution < 1.29 is 4.42 Å². The minimum absolute atomic E-state index is 0.575. The molecule has 0 aliphatic carbocycles. The molecule has 0 atom stereocenters. The topological polar surface area (TPSA) is 94.4 Å². The van der Waals surface area contributed by atoms with Crippen molar-refractivity contribution in [2.75, 3.05) is 26.7 Å². The lowest BCUT2D eigenvalue weighted by Gasteiger charge is -2.26. The minimum atomic E-state index is 0.575. The van der Waals surface area contributed by atoms with Crippen LogP contribution in [0.15, 0.2) is 52.1 Å². The van der Waals surface area contributed by atoms with Crippen LogP contribution in [-0.2, 0) is 19.5 Å². The second-order valence-electron chi connectivity index (χ2n) is 7.84. The van der Waals surface area contributed by atoms with Crippen LogP contribution in [0.1, 0.15) is 36.2 Å². The van der Waals surface area contributed by atoms with Crippen LogP contribution in [0.2, 0.25) is 0 Å². The number of rotatable bonds is 8. The summed E-state index contributed by atoms with van der Waals surface area (Å²) in [6.07, 6.45) is 6.36. The molecule has 1 aliphatic heterocycles. The van der Waals surface area contributed by atoms with Crippen LogP contribution in [0.4, 0.5) is 0 Å². The first-order valence-corrected chi connectivity index (χ1v) is 11.0. The zero-order valence-electron chi connectivity index (χ0n) is 18.1. The first-order valence-electron chi connectivity index (χ1n) is 11.0. The zero-order chi connectivity index (χ0) is 21.3. The third-order valence-electron chi connectivity index (χ3n) is 5.49. The summed E-state index contributed by atoms with van der Waals surface area (Å²) in [5.74, 6) is 2.81. The van der Waals surface area contributed by atoms with Gasteiger partial charge in [0.1, 0.15) is 5.82 Å². The predicted octanol–water partition coefficient (Wildman–Crippen LogP) is 2.96. The molecule has 31 heavy (non-hydrogen) atoms. The Morgan fingerprint density at radius 3 is 2.65 bits per heavy atom. The van der Waals surface area contributed by atoms with Crippen LogP contribution in [0.25, 0.3) is 11.6 Å². The highest BCUT2D eigenvalue weighted by molar-refractivity contribution is 5.79. The van der Waals surface area contributed by atoms with Crippen LogP contribution in [0.3, 0.4) is 0 Å². The molecule has 4 rings (SSSR count). The predicted molar refractivity (Wildman–Crippen MR) is 122 cm³/mol. The fraction of sp³-hybridized carbons (Fsp3) is 0.435. The minimum Gasteiger partial charge on any atom is -0.461 e. The fourth-order valence-electron chi connectivity index (χ4n) is 3.77. The van der Waals surface area contributed by atoms with Gasteiger partial charge in [-0.15, -0.1) is 0 Å². The van der Waals surface area contributed by atoms with Gasteiger partial charge in [0.05, 0.1) is 6.26 Å². The van der Waals surface area contributed by atoms with E-state index in [1.54, 1.807) is 13.3 Å². The van der Waals surface area contributed by atoms with E-state index >= 15 is 0 Å². The van der Waals surface area contributed by atoms with E-state index in [1.165, 1.54) is 43.5 Å². The van der Waals surface area contributed by atoms with E-state index < -0.39 is 0 Å². The lowest BCUT2D eigenvalue weighted by atomic mass is 10.1. The number of nitrogens with one attached hydrogen (secondary N) is 3. The summed E-state index contributed by atoms with van der Waals surface area (Å²) in [5.41, 5.74) is 2.62. The lowest BCUT2D eigenvalue weighted by molar-refractivity contribution is 0.221. The van der Waals surface area contributed by atoms with Gasteiger partial charge in [-0.1, -0.05) is 30.7 Å². The van der Waals surface area contributed by atoms with Crippen molar-refractivity contribution in [2.45, 2.75) is 38.8 Å². The monoisotopic (exact) mass is 421 g/mol. The van der Waals surface area contributed by atoms with Gasteiger partial charge in [0.2, 0.25) is 5.82 Å². The zero-order valence-corrected chi connectivity index (χ0v) is 18.1. The standard InChI is InChI=1S/C23H31N7O/c1-24-23(25-12-11-21-27-22(29-28-21)20-6-5-15-31-20)26-16-18-7-9-19(10-8-18)17-30-13-3-2-4-14-30/h5-10,15H,2-4,11-14,16-17H2,1H3,(H2,24,25,26)(H,27,28,29). The molecule has 8 nitrogen and oxygen atoms in total. The van der Waals surface area contributed by atoms with E-state index in [4.69, 9.17) is 4.42 Å². The molecule has 164 valence electrons. The summed E-state index contributed by atoms with van der Waals surface area (Å²) in [6.45, 7) is 4.93. The van der Waals surface area contributed by atoms with Crippen LogP contribution >= 0.6 is 0 Å². The van der Waals surface area contributed by atoms with Crippen molar-refractivity contribution in [2.24, 2.45) is 4.99 Å². The maximum Gasteiger partial charge on any atom is 0.216 e. The van der Waals surface area contributed by atoms with Gasteiger partial charge in [-0.05, 0) is 49.2 Å². The van der Waals surface area contributed by atoms with Crippen LogP contribution in [0.5, 0.6) is 0 Å². The summed E-state index contributed by atoms with van der Waals surface area (Å²) in [7, 11) is 1.78. The molecule has 3 heterocycles. The number of hydrogen-bond acceptors (Lipinski definition) is 5. The molecule has 0 unspecified atom stereocenters. The van der Waals surface area contributed by atoms with Crippen molar-refractivity contribution in [3.05, 3.63) is 59.6 Å². The average Bonchev–Trinajstić information content (AvgIpc) is 3.50. The van der Waals surface area contributed by atoms with E-state index in [1.807, 2.05) is 12.1 Å². The second kappa shape index (κ2) is 10.8. The van der Waals surface area contributed by atoms with Crippen molar-refractivity contribution in [3.63, 3.8) is 0 Å². The molecule has 0 amide bonds. The molecule has 0 spiro atoms. The van der Waals surface area contributed by atoms with Crippen LogP contribution in [0, 0.1) is 0 Å². The van der Waals surface area contributed by atoms with E-state index in [0.29, 0.717) is 24.6 Å². The molecule has 0 bridgehead atoms. The molecule has 1 saturated heterocycles. The smallest absolute Gasteiger partial charge is 0.216 e. The number of likely N-dealkylation sites (tertiary alicyclic amines) is 1. The number of hydrogen-bond donors (Lipinski definition) is 3. The third-order valence-corrected chi connectivity index (χ3v) is 5.49. The van der Waals surface area contributed by atoms with Crippen molar-refractivity contribution in [1.29, 1.82) is 0 Å². The number of furan rings is 1. The first kappa shape index (κ1) is 21.1. The Bertz CT molecular complexity index is 941. The molecule has 8 heteroatoms. The van der Waals surface area contributed by atoms with Gasteiger partial charge in [-0.3, -0.25) is 15.0 Å². The van der Waals surface area contributed by atoms with Crippen molar-refractivity contribution >= 4 is 5.96 Å². The molecule has 3 N–H and O–H groups in total. The van der Waals surface area contributed by atoms with E-state index in [2.05, 4.69) is 60.0 Å². The average molecular weight is 422 g/mol. The largest absolute Gasteiger partial charge is 0.461 e. The number of aromatic amines is 1. The van der Waals surface area contributed by atoms with Gasteiger partial charge in [0.25, 0.3) is 0 Å². The molecule has 1 aliphatic rings. The Hall–Kier alpha value is -3.13. The summed E-state index contributed by atoms with van der Waals surface area (Å²) >= 11 is 0. The van der Waals surface area contributed by atoms with Crippen LogP contribution in [-0.4, -0.2) is 52.7 Å². The van der Waals surface area contributed by atoms with E-state index in [-0.39, 0.29) is 0 Å². The second-order valence-corrected chi connectivity index (χ2v) is 7.84. The van der Waals surface area contributed by atoms with E-state index in [0.717, 1.165) is 24.9 Å². The Morgan fingerprint density at radius 2 is 1.90 bits per heavy atom. The Morgan fingerprint density at radius 1 is 1.10 bits per heavy atom. The van der Waals surface area contributed by atoms with Crippen molar-refractivity contribution in [1.82, 2.24) is 30.7 Å².